The van der Waals surface area contributed by atoms with Crippen molar-refractivity contribution in [2.75, 3.05) is 25.4 Å². The monoisotopic (exact) mass is 264 g/mol. The van der Waals surface area contributed by atoms with Crippen molar-refractivity contribution in [2.24, 2.45) is 0 Å². The van der Waals surface area contributed by atoms with Gasteiger partial charge in [-0.3, -0.25) is 9.78 Å². The number of aromatic nitrogens is 2. The quantitative estimate of drug-likeness (QED) is 0.880. The molecule has 1 aromatic heterocycles. The Morgan fingerprint density at radius 3 is 3.16 bits per heavy atom. The fourth-order valence-corrected chi connectivity index (χ4v) is 2.19. The van der Waals surface area contributed by atoms with Crippen molar-refractivity contribution in [1.29, 1.82) is 0 Å². The molecule has 6 nitrogen and oxygen atoms in total. The minimum atomic E-state index is -0.121. The van der Waals surface area contributed by atoms with Gasteiger partial charge in [-0.2, -0.15) is 0 Å². The number of nitrogens with two attached hydrogens (primary N) is 1. The van der Waals surface area contributed by atoms with E-state index in [1.54, 1.807) is 4.90 Å². The zero-order valence-corrected chi connectivity index (χ0v) is 11.2. The first kappa shape index (κ1) is 13.7. The van der Waals surface area contributed by atoms with E-state index < -0.39 is 0 Å². The molecule has 1 aliphatic heterocycles. The number of piperidine rings is 1. The summed E-state index contributed by atoms with van der Waals surface area (Å²) in [4.78, 5) is 22.0. The minimum absolute atomic E-state index is 0.121. The molecule has 1 aromatic rings. The van der Waals surface area contributed by atoms with Crippen molar-refractivity contribution in [3.05, 3.63) is 18.1 Å². The zero-order valence-electron chi connectivity index (χ0n) is 11.2. The van der Waals surface area contributed by atoms with Crippen LogP contribution in [0, 0.1) is 0 Å². The number of hydrogen-bond donors (Lipinski definition) is 1. The van der Waals surface area contributed by atoms with Crippen molar-refractivity contribution >= 4 is 11.7 Å². The molecule has 0 spiro atoms. The van der Waals surface area contributed by atoms with E-state index in [4.69, 9.17) is 10.5 Å². The summed E-state index contributed by atoms with van der Waals surface area (Å²) in [6.45, 7) is 4.18. The lowest BCUT2D eigenvalue weighted by Crippen LogP contribution is -2.43. The van der Waals surface area contributed by atoms with E-state index in [1.807, 2.05) is 0 Å². The first-order valence-electron chi connectivity index (χ1n) is 6.69. The molecule has 0 aliphatic carbocycles. The highest BCUT2D eigenvalue weighted by atomic mass is 16.5. The highest BCUT2D eigenvalue weighted by Crippen LogP contribution is 2.15. The van der Waals surface area contributed by atoms with E-state index in [9.17, 15) is 4.79 Å². The molecule has 1 atom stereocenters. The number of nitrogens with zero attached hydrogens (tertiary/aromatic N) is 3. The maximum atomic E-state index is 12.3. The van der Waals surface area contributed by atoms with Crippen LogP contribution in [0.1, 0.15) is 36.7 Å². The van der Waals surface area contributed by atoms with Gasteiger partial charge < -0.3 is 15.4 Å². The molecule has 2 heterocycles. The van der Waals surface area contributed by atoms with E-state index in [0.29, 0.717) is 12.2 Å². The third kappa shape index (κ3) is 3.64. The second-order valence-corrected chi connectivity index (χ2v) is 4.72. The molecular formula is C13H20N4O2. The van der Waals surface area contributed by atoms with Crippen LogP contribution in [0.3, 0.4) is 0 Å². The summed E-state index contributed by atoms with van der Waals surface area (Å²) in [6.07, 6.45) is 5.97. The Morgan fingerprint density at radius 2 is 2.42 bits per heavy atom. The smallest absolute Gasteiger partial charge is 0.274 e. The first-order valence-corrected chi connectivity index (χ1v) is 6.69. The molecular weight excluding hydrogens is 244 g/mol. The van der Waals surface area contributed by atoms with Gasteiger partial charge in [-0.1, -0.05) is 6.92 Å². The molecule has 1 aliphatic rings. The Labute approximate surface area is 113 Å². The normalized spacial score (nSPS) is 19.4. The summed E-state index contributed by atoms with van der Waals surface area (Å²) in [5.74, 6) is 0.145. The maximum absolute atomic E-state index is 12.3. The number of carbonyl (C=O) groups excluding carboxylic acids is 1. The molecule has 0 aromatic carbocycles. The average Bonchev–Trinajstić information content (AvgIpc) is 2.44. The van der Waals surface area contributed by atoms with Gasteiger partial charge in [-0.05, 0) is 19.3 Å². The van der Waals surface area contributed by atoms with Crippen molar-refractivity contribution in [1.82, 2.24) is 14.9 Å². The van der Waals surface area contributed by atoms with E-state index in [2.05, 4.69) is 16.9 Å². The molecule has 0 bridgehead atoms. The lowest BCUT2D eigenvalue weighted by atomic mass is 10.1. The van der Waals surface area contributed by atoms with Crippen molar-refractivity contribution in [2.45, 2.75) is 32.3 Å². The molecule has 1 unspecified atom stereocenters. The lowest BCUT2D eigenvalue weighted by molar-refractivity contribution is 0.00191. The second-order valence-electron chi connectivity index (χ2n) is 4.72. The zero-order chi connectivity index (χ0) is 13.7. The van der Waals surface area contributed by atoms with Crippen LogP contribution in [0.4, 0.5) is 5.82 Å². The van der Waals surface area contributed by atoms with Crippen LogP contribution in [0.2, 0.25) is 0 Å². The summed E-state index contributed by atoms with van der Waals surface area (Å²) >= 11 is 0. The standard InChI is InChI=1S/C13H20N4O2/c1-2-6-19-10-4-3-5-17(9-10)13(18)11-7-15-8-12(14)16-11/h7-8,10H,2-6,9H2,1H3,(H2,14,16). The highest BCUT2D eigenvalue weighted by molar-refractivity contribution is 5.92. The van der Waals surface area contributed by atoms with Crippen LogP contribution >= 0.6 is 0 Å². The number of hydrogen-bond acceptors (Lipinski definition) is 5. The SMILES string of the molecule is CCCOC1CCCN(C(=O)c2cncc(N)n2)C1. The van der Waals surface area contributed by atoms with E-state index in [0.717, 1.165) is 32.4 Å². The minimum Gasteiger partial charge on any atom is -0.382 e. The van der Waals surface area contributed by atoms with Crippen LogP contribution in [0.25, 0.3) is 0 Å². The molecule has 2 rings (SSSR count). The summed E-state index contributed by atoms with van der Waals surface area (Å²) < 4.78 is 5.72. The van der Waals surface area contributed by atoms with Gasteiger partial charge >= 0.3 is 0 Å². The number of amides is 1. The molecule has 6 heteroatoms. The first-order chi connectivity index (χ1) is 9.20. The fourth-order valence-electron chi connectivity index (χ4n) is 2.19. The lowest BCUT2D eigenvalue weighted by Gasteiger charge is -2.32. The number of likely N-dealkylation sites (tertiary alicyclic amines) is 1. The Kier molecular flexibility index (Phi) is 4.68. The Bertz CT molecular complexity index is 438. The number of ether oxygens (including phenoxy) is 1. The Balaban J connectivity index is 1.99. The Hall–Kier alpha value is -1.69. The topological polar surface area (TPSA) is 81.3 Å². The van der Waals surface area contributed by atoms with Crippen LogP contribution in [-0.2, 0) is 4.74 Å². The summed E-state index contributed by atoms with van der Waals surface area (Å²) in [5, 5.41) is 0. The summed E-state index contributed by atoms with van der Waals surface area (Å²) in [5.41, 5.74) is 5.85. The molecule has 1 amide bonds. The van der Waals surface area contributed by atoms with Gasteiger partial charge in [0.05, 0.1) is 18.5 Å². The largest absolute Gasteiger partial charge is 0.382 e. The van der Waals surface area contributed by atoms with E-state index >= 15 is 0 Å². The van der Waals surface area contributed by atoms with Gasteiger partial charge in [0.1, 0.15) is 11.5 Å². The van der Waals surface area contributed by atoms with Crippen LogP contribution in [-0.4, -0.2) is 46.6 Å². The number of carbonyl (C=O) groups is 1. The molecule has 2 N–H and O–H groups in total. The Morgan fingerprint density at radius 1 is 1.58 bits per heavy atom. The molecule has 19 heavy (non-hydrogen) atoms. The number of nitrogen functional groups attached to an aromatic ring is 1. The average molecular weight is 264 g/mol. The van der Waals surface area contributed by atoms with Gasteiger partial charge in [0, 0.05) is 19.7 Å². The third-order valence-corrected chi connectivity index (χ3v) is 3.10. The molecule has 0 radical (unpaired) electrons. The van der Waals surface area contributed by atoms with Gasteiger partial charge in [0.2, 0.25) is 0 Å². The van der Waals surface area contributed by atoms with Crippen molar-refractivity contribution < 1.29 is 9.53 Å². The summed E-state index contributed by atoms with van der Waals surface area (Å²) in [7, 11) is 0. The fraction of sp³-hybridized carbons (Fsp3) is 0.615. The molecule has 1 fully saturated rings. The predicted molar refractivity (Wildman–Crippen MR) is 71.6 cm³/mol. The van der Waals surface area contributed by atoms with Crippen molar-refractivity contribution in [3.8, 4) is 0 Å². The van der Waals surface area contributed by atoms with Gasteiger partial charge in [0.15, 0.2) is 0 Å². The van der Waals surface area contributed by atoms with Crippen molar-refractivity contribution in [3.63, 3.8) is 0 Å². The maximum Gasteiger partial charge on any atom is 0.274 e. The molecule has 1 saturated heterocycles. The third-order valence-electron chi connectivity index (χ3n) is 3.10. The number of anilines is 1. The predicted octanol–water partition coefficient (Wildman–Crippen LogP) is 1.09. The van der Waals surface area contributed by atoms with Crippen LogP contribution < -0.4 is 5.73 Å². The van der Waals surface area contributed by atoms with Crippen LogP contribution in [0.5, 0.6) is 0 Å². The van der Waals surface area contributed by atoms with Crippen LogP contribution in [0.15, 0.2) is 12.4 Å². The van der Waals surface area contributed by atoms with E-state index in [1.165, 1.54) is 12.4 Å². The molecule has 104 valence electrons. The highest BCUT2D eigenvalue weighted by Gasteiger charge is 2.25. The van der Waals surface area contributed by atoms with Gasteiger partial charge in [-0.15, -0.1) is 0 Å². The number of rotatable bonds is 4. The second kappa shape index (κ2) is 6.47. The van der Waals surface area contributed by atoms with E-state index in [-0.39, 0.29) is 17.8 Å². The van der Waals surface area contributed by atoms with Gasteiger partial charge in [-0.25, -0.2) is 4.98 Å². The molecule has 0 saturated carbocycles. The van der Waals surface area contributed by atoms with Gasteiger partial charge in [0.25, 0.3) is 5.91 Å². The summed E-state index contributed by atoms with van der Waals surface area (Å²) in [6, 6.07) is 0.